The Hall–Kier alpha value is -0.830. The van der Waals surface area contributed by atoms with Gasteiger partial charge in [-0.15, -0.1) is 0 Å². The molecule has 1 N–H and O–H groups in total. The minimum absolute atomic E-state index is 0.735. The van der Waals surface area contributed by atoms with Crippen molar-refractivity contribution in [3.8, 4) is 0 Å². The van der Waals surface area contributed by atoms with Gasteiger partial charge in [-0.3, -0.25) is 0 Å². The summed E-state index contributed by atoms with van der Waals surface area (Å²) in [6.07, 6.45) is 11.9. The van der Waals surface area contributed by atoms with Crippen molar-refractivity contribution in [2.75, 3.05) is 6.54 Å². The highest BCUT2D eigenvalue weighted by Gasteiger charge is 2.24. The molecule has 1 fully saturated rings. The second-order valence-electron chi connectivity index (χ2n) is 6.11. The van der Waals surface area contributed by atoms with Crippen LogP contribution >= 0.6 is 0 Å². The Morgan fingerprint density at radius 1 is 1.21 bits per heavy atom. The maximum absolute atomic E-state index is 4.95. The van der Waals surface area contributed by atoms with Crippen LogP contribution in [-0.4, -0.2) is 16.1 Å². The van der Waals surface area contributed by atoms with Crippen LogP contribution in [0, 0.1) is 0 Å². The summed E-state index contributed by atoms with van der Waals surface area (Å²) in [5.41, 5.74) is 2.88. The summed E-state index contributed by atoms with van der Waals surface area (Å²) in [6.45, 7) is 4.37. The van der Waals surface area contributed by atoms with Gasteiger partial charge in [0.2, 0.25) is 0 Å². The van der Waals surface area contributed by atoms with Crippen molar-refractivity contribution >= 4 is 0 Å². The van der Waals surface area contributed by atoms with Gasteiger partial charge in [-0.2, -0.15) is 0 Å². The quantitative estimate of drug-likeness (QED) is 0.845. The van der Waals surface area contributed by atoms with E-state index in [4.69, 9.17) is 4.98 Å². The van der Waals surface area contributed by atoms with E-state index in [9.17, 15) is 0 Å². The fourth-order valence-electron chi connectivity index (χ4n) is 3.74. The smallest absolute Gasteiger partial charge is 0.109 e. The van der Waals surface area contributed by atoms with Gasteiger partial charge >= 0.3 is 0 Å². The summed E-state index contributed by atoms with van der Waals surface area (Å²) in [7, 11) is 0. The molecule has 3 heteroatoms. The molecule has 1 aromatic rings. The first kappa shape index (κ1) is 13.2. The Morgan fingerprint density at radius 3 is 2.74 bits per heavy atom. The van der Waals surface area contributed by atoms with Crippen molar-refractivity contribution in [1.29, 1.82) is 0 Å². The maximum Gasteiger partial charge on any atom is 0.109 e. The van der Waals surface area contributed by atoms with Gasteiger partial charge in [0.25, 0.3) is 0 Å². The van der Waals surface area contributed by atoms with E-state index in [1.54, 1.807) is 5.69 Å². The van der Waals surface area contributed by atoms with Gasteiger partial charge in [0.05, 0.1) is 5.69 Å². The molecule has 1 saturated carbocycles. The van der Waals surface area contributed by atoms with E-state index in [1.807, 2.05) is 0 Å². The molecule has 3 nitrogen and oxygen atoms in total. The lowest BCUT2D eigenvalue weighted by atomic mass is 10.1. The van der Waals surface area contributed by atoms with Gasteiger partial charge in [-0.05, 0) is 19.3 Å². The first-order chi connectivity index (χ1) is 9.40. The lowest BCUT2D eigenvalue weighted by Crippen LogP contribution is -2.26. The molecular formula is C16H27N3. The summed E-state index contributed by atoms with van der Waals surface area (Å²) in [5.74, 6) is 1.36. The minimum atomic E-state index is 0.735. The Bertz CT molecular complexity index is 414. The van der Waals surface area contributed by atoms with Gasteiger partial charge < -0.3 is 9.88 Å². The monoisotopic (exact) mass is 261 g/mol. The number of imidazole rings is 1. The molecule has 0 spiro atoms. The summed E-state index contributed by atoms with van der Waals surface area (Å²) >= 11 is 0. The van der Waals surface area contributed by atoms with Crippen LogP contribution in [0.15, 0.2) is 0 Å². The molecule has 0 aromatic carbocycles. The Kier molecular flexibility index (Phi) is 4.21. The van der Waals surface area contributed by atoms with Gasteiger partial charge in [-0.1, -0.05) is 32.6 Å². The molecule has 2 aliphatic rings. The van der Waals surface area contributed by atoms with Crippen LogP contribution in [0.3, 0.4) is 0 Å². The van der Waals surface area contributed by atoms with Crippen molar-refractivity contribution in [3.05, 3.63) is 17.2 Å². The van der Waals surface area contributed by atoms with E-state index >= 15 is 0 Å². The number of nitrogens with one attached hydrogen (secondary N) is 1. The van der Waals surface area contributed by atoms with E-state index in [0.29, 0.717) is 0 Å². The van der Waals surface area contributed by atoms with Crippen LogP contribution in [-0.2, 0) is 19.4 Å². The summed E-state index contributed by atoms with van der Waals surface area (Å²) in [4.78, 5) is 4.95. The van der Waals surface area contributed by atoms with E-state index in [-0.39, 0.29) is 0 Å². The van der Waals surface area contributed by atoms with E-state index in [1.165, 1.54) is 62.9 Å². The molecule has 3 rings (SSSR count). The van der Waals surface area contributed by atoms with Gasteiger partial charge in [0, 0.05) is 37.7 Å². The third-order valence-corrected chi connectivity index (χ3v) is 4.66. The van der Waals surface area contributed by atoms with E-state index < -0.39 is 0 Å². The number of fused-ring (bicyclic) bond motifs is 1. The number of hydrogen-bond acceptors (Lipinski definition) is 2. The number of aryl methyl sites for hydroxylation is 1. The molecule has 106 valence electrons. The maximum atomic E-state index is 4.95. The molecule has 1 aromatic heterocycles. The summed E-state index contributed by atoms with van der Waals surface area (Å²) in [6, 6.07) is 0.735. The zero-order chi connectivity index (χ0) is 13.1. The minimum Gasteiger partial charge on any atom is -0.329 e. The molecule has 0 saturated heterocycles. The van der Waals surface area contributed by atoms with Crippen molar-refractivity contribution in [3.63, 3.8) is 0 Å². The van der Waals surface area contributed by atoms with Crippen molar-refractivity contribution < 1.29 is 0 Å². The predicted molar refractivity (Wildman–Crippen MR) is 78.4 cm³/mol. The fourth-order valence-corrected chi connectivity index (χ4v) is 3.74. The molecular weight excluding hydrogens is 234 g/mol. The highest BCUT2D eigenvalue weighted by Crippen LogP contribution is 2.31. The van der Waals surface area contributed by atoms with Crippen LogP contribution < -0.4 is 5.32 Å². The first-order valence-electron chi connectivity index (χ1n) is 8.19. The average Bonchev–Trinajstić information content (AvgIpc) is 2.61. The SMILES string of the molecule is CCCc1nc2c(n1C1CCCCCC1)CCNC2. The molecule has 0 unspecified atom stereocenters. The highest BCUT2D eigenvalue weighted by atomic mass is 15.1. The second-order valence-corrected chi connectivity index (χ2v) is 6.11. The molecule has 0 amide bonds. The van der Waals surface area contributed by atoms with Gasteiger partial charge in [0.15, 0.2) is 0 Å². The average molecular weight is 261 g/mol. The van der Waals surface area contributed by atoms with E-state index in [0.717, 1.165) is 25.6 Å². The Labute approximate surface area is 116 Å². The first-order valence-corrected chi connectivity index (χ1v) is 8.19. The molecule has 1 aliphatic carbocycles. The molecule has 1 aliphatic heterocycles. The van der Waals surface area contributed by atoms with Crippen molar-refractivity contribution in [2.24, 2.45) is 0 Å². The Morgan fingerprint density at radius 2 is 2.00 bits per heavy atom. The van der Waals surface area contributed by atoms with Crippen LogP contribution in [0.1, 0.15) is 75.1 Å². The zero-order valence-electron chi connectivity index (χ0n) is 12.2. The normalized spacial score (nSPS) is 21.1. The van der Waals surface area contributed by atoms with Crippen LogP contribution in [0.5, 0.6) is 0 Å². The van der Waals surface area contributed by atoms with Crippen LogP contribution in [0.4, 0.5) is 0 Å². The third-order valence-electron chi connectivity index (χ3n) is 4.66. The topological polar surface area (TPSA) is 29.9 Å². The van der Waals surface area contributed by atoms with Crippen LogP contribution in [0.2, 0.25) is 0 Å². The second kappa shape index (κ2) is 6.08. The number of rotatable bonds is 3. The number of hydrogen-bond donors (Lipinski definition) is 1. The lowest BCUT2D eigenvalue weighted by Gasteiger charge is -2.23. The Balaban J connectivity index is 1.93. The van der Waals surface area contributed by atoms with Crippen LogP contribution in [0.25, 0.3) is 0 Å². The fraction of sp³-hybridized carbons (Fsp3) is 0.812. The van der Waals surface area contributed by atoms with E-state index in [2.05, 4.69) is 16.8 Å². The summed E-state index contributed by atoms with van der Waals surface area (Å²) in [5, 5.41) is 3.46. The molecule has 0 atom stereocenters. The molecule has 0 bridgehead atoms. The predicted octanol–water partition coefficient (Wildman–Crippen LogP) is 3.38. The highest BCUT2D eigenvalue weighted by molar-refractivity contribution is 5.21. The molecule has 19 heavy (non-hydrogen) atoms. The standard InChI is InChI=1S/C16H27N3/c1-2-7-16-18-14-12-17-11-10-15(14)19(16)13-8-5-3-4-6-9-13/h13,17H,2-12H2,1H3. The van der Waals surface area contributed by atoms with Gasteiger partial charge in [0.1, 0.15) is 5.82 Å². The number of nitrogens with zero attached hydrogens (tertiary/aromatic N) is 2. The van der Waals surface area contributed by atoms with Crippen molar-refractivity contribution in [1.82, 2.24) is 14.9 Å². The largest absolute Gasteiger partial charge is 0.329 e. The van der Waals surface area contributed by atoms with Gasteiger partial charge in [-0.25, -0.2) is 4.98 Å². The van der Waals surface area contributed by atoms with Crippen molar-refractivity contribution in [2.45, 2.75) is 77.3 Å². The summed E-state index contributed by atoms with van der Waals surface area (Å²) < 4.78 is 2.66. The molecule has 0 radical (unpaired) electrons. The lowest BCUT2D eigenvalue weighted by molar-refractivity contribution is 0.413. The third kappa shape index (κ3) is 2.71. The zero-order valence-corrected chi connectivity index (χ0v) is 12.2. The number of aromatic nitrogens is 2. The molecule has 2 heterocycles.